The summed E-state index contributed by atoms with van der Waals surface area (Å²) in [5.41, 5.74) is 4.63. The Bertz CT molecular complexity index is 1320. The predicted octanol–water partition coefficient (Wildman–Crippen LogP) is 5.46. The molecule has 6 nitrogen and oxygen atoms in total. The molecule has 1 aliphatic rings. The first-order valence-corrected chi connectivity index (χ1v) is 12.3. The van der Waals surface area contributed by atoms with E-state index in [1.54, 1.807) is 12.1 Å². The molecule has 0 amide bonds. The first-order chi connectivity index (χ1) is 16.4. The number of halogens is 3. The van der Waals surface area contributed by atoms with Crippen LogP contribution in [0.4, 0.5) is 10.3 Å². The molecule has 0 aliphatic carbocycles. The normalized spacial score (nSPS) is 14.5. The van der Waals surface area contributed by atoms with Gasteiger partial charge in [0.1, 0.15) is 11.3 Å². The summed E-state index contributed by atoms with van der Waals surface area (Å²) in [6.07, 6.45) is 1.82. The molecule has 0 radical (unpaired) electrons. The van der Waals surface area contributed by atoms with Crippen molar-refractivity contribution in [1.82, 2.24) is 24.6 Å². The number of imidazole rings is 1. The molecule has 0 atom stereocenters. The zero-order chi connectivity index (χ0) is 23.8. The van der Waals surface area contributed by atoms with Crippen molar-refractivity contribution < 1.29 is 4.39 Å². The lowest BCUT2D eigenvalue weighted by Crippen LogP contribution is -2.44. The summed E-state index contributed by atoms with van der Waals surface area (Å²) in [6.45, 7) is 9.12. The van der Waals surface area contributed by atoms with Crippen LogP contribution >= 0.6 is 23.2 Å². The van der Waals surface area contributed by atoms with E-state index >= 15 is 0 Å². The van der Waals surface area contributed by atoms with Crippen molar-refractivity contribution in [2.75, 3.05) is 31.1 Å². The lowest BCUT2D eigenvalue weighted by molar-refractivity contribution is 0.487. The number of piperazine rings is 1. The Balaban J connectivity index is 1.69. The van der Waals surface area contributed by atoms with E-state index in [0.29, 0.717) is 17.5 Å². The Kier molecular flexibility index (Phi) is 6.51. The first-order valence-electron chi connectivity index (χ1n) is 11.5. The van der Waals surface area contributed by atoms with Crippen molar-refractivity contribution in [2.45, 2.75) is 26.9 Å². The van der Waals surface area contributed by atoms with Crippen LogP contribution < -0.4 is 10.2 Å². The fraction of sp³-hybridized carbons (Fsp3) is 0.360. The molecule has 1 aliphatic heterocycles. The predicted molar refractivity (Wildman–Crippen MR) is 136 cm³/mol. The number of nitrogens with one attached hydrogen (secondary N) is 1. The van der Waals surface area contributed by atoms with E-state index in [2.05, 4.69) is 33.7 Å². The maximum atomic E-state index is 13.8. The highest BCUT2D eigenvalue weighted by Crippen LogP contribution is 2.35. The maximum absolute atomic E-state index is 13.8. The molecule has 1 fully saturated rings. The van der Waals surface area contributed by atoms with Crippen LogP contribution in [0.3, 0.4) is 0 Å². The molecule has 5 rings (SSSR count). The summed E-state index contributed by atoms with van der Waals surface area (Å²) >= 11 is 12.7. The summed E-state index contributed by atoms with van der Waals surface area (Å²) in [5.74, 6) is 0.896. The summed E-state index contributed by atoms with van der Waals surface area (Å²) in [4.78, 5) is 7.43. The van der Waals surface area contributed by atoms with E-state index < -0.39 is 5.82 Å². The second-order valence-corrected chi connectivity index (χ2v) is 9.94. The molecule has 178 valence electrons. The van der Waals surface area contributed by atoms with Crippen LogP contribution in [0.1, 0.15) is 19.4 Å². The number of fused-ring (bicyclic) bond motifs is 1. The lowest BCUT2D eigenvalue weighted by atomic mass is 10.1. The molecule has 0 unspecified atom stereocenters. The molecule has 0 spiro atoms. The molecule has 1 N–H and O–H groups in total. The summed E-state index contributed by atoms with van der Waals surface area (Å²) in [7, 11) is 0. The van der Waals surface area contributed by atoms with Gasteiger partial charge in [0, 0.05) is 49.5 Å². The smallest absolute Gasteiger partial charge is 0.206 e. The highest BCUT2D eigenvalue weighted by Gasteiger charge is 2.23. The van der Waals surface area contributed by atoms with E-state index in [-0.39, 0.29) is 5.02 Å². The molecule has 0 bridgehead atoms. The minimum absolute atomic E-state index is 0.113. The van der Waals surface area contributed by atoms with Crippen LogP contribution in [0.5, 0.6) is 0 Å². The van der Waals surface area contributed by atoms with E-state index in [1.165, 1.54) is 6.07 Å². The third kappa shape index (κ3) is 4.52. The molecule has 34 heavy (non-hydrogen) atoms. The van der Waals surface area contributed by atoms with Crippen molar-refractivity contribution in [3.63, 3.8) is 0 Å². The number of nitrogens with zero attached hydrogens (tertiary/aromatic N) is 5. The van der Waals surface area contributed by atoms with Gasteiger partial charge in [-0.05, 0) is 41.8 Å². The van der Waals surface area contributed by atoms with E-state index in [0.717, 1.165) is 66.5 Å². The van der Waals surface area contributed by atoms with Gasteiger partial charge in [-0.2, -0.15) is 5.10 Å². The molecular formula is C25H27Cl2FN6. The number of benzene rings is 2. The number of hydrogen-bond donors (Lipinski definition) is 1. The summed E-state index contributed by atoms with van der Waals surface area (Å²) in [6, 6.07) is 10.8. The van der Waals surface area contributed by atoms with Gasteiger partial charge in [-0.25, -0.2) is 9.37 Å². The molecule has 4 aromatic rings. The molecule has 0 saturated carbocycles. The Labute approximate surface area is 208 Å². The van der Waals surface area contributed by atoms with Gasteiger partial charge in [-0.15, -0.1) is 0 Å². The molecule has 1 saturated heterocycles. The Morgan fingerprint density at radius 3 is 2.62 bits per heavy atom. The van der Waals surface area contributed by atoms with E-state index in [1.807, 2.05) is 29.1 Å². The molecule has 9 heteroatoms. The average molecular weight is 501 g/mol. The third-order valence-electron chi connectivity index (χ3n) is 6.05. The zero-order valence-corrected chi connectivity index (χ0v) is 20.7. The van der Waals surface area contributed by atoms with Crippen LogP contribution in [0.15, 0.2) is 42.6 Å². The fourth-order valence-electron chi connectivity index (χ4n) is 4.51. The van der Waals surface area contributed by atoms with Crippen molar-refractivity contribution in [3.8, 4) is 11.3 Å². The van der Waals surface area contributed by atoms with Gasteiger partial charge in [0.25, 0.3) is 0 Å². The summed E-state index contributed by atoms with van der Waals surface area (Å²) in [5, 5.41) is 8.69. The van der Waals surface area contributed by atoms with Crippen LogP contribution in [0.25, 0.3) is 22.3 Å². The minimum Gasteiger partial charge on any atom is -0.340 e. The molecular weight excluding hydrogens is 474 g/mol. The monoisotopic (exact) mass is 500 g/mol. The van der Waals surface area contributed by atoms with Crippen LogP contribution in [-0.2, 0) is 13.1 Å². The van der Waals surface area contributed by atoms with Gasteiger partial charge in [-0.3, -0.25) is 4.68 Å². The Morgan fingerprint density at radius 2 is 1.88 bits per heavy atom. The largest absolute Gasteiger partial charge is 0.340 e. The van der Waals surface area contributed by atoms with Gasteiger partial charge >= 0.3 is 0 Å². The molecule has 3 heterocycles. The zero-order valence-electron chi connectivity index (χ0n) is 19.2. The van der Waals surface area contributed by atoms with Gasteiger partial charge < -0.3 is 14.8 Å². The number of hydrogen-bond acceptors (Lipinski definition) is 4. The van der Waals surface area contributed by atoms with Crippen molar-refractivity contribution in [1.29, 1.82) is 0 Å². The highest BCUT2D eigenvalue weighted by atomic mass is 35.5. The molecule has 2 aromatic carbocycles. The minimum atomic E-state index is -0.424. The quantitative estimate of drug-likeness (QED) is 0.381. The van der Waals surface area contributed by atoms with Gasteiger partial charge in [0.15, 0.2) is 0 Å². The average Bonchev–Trinajstić information content (AvgIpc) is 3.41. The van der Waals surface area contributed by atoms with Crippen LogP contribution in [0.2, 0.25) is 10.0 Å². The van der Waals surface area contributed by atoms with E-state index in [4.69, 9.17) is 28.2 Å². The second kappa shape index (κ2) is 9.56. The standard InChI is InChI=1S/C25H27Cl2FN6/c1-16(2)14-34-22(5-6-30-34)19-12-18(26)13-23-24(19)31-25(32-9-7-29-8-10-32)33(23)15-17-3-4-21(28)20(27)11-17/h3-6,11-13,16,29H,7-10,14-15H2,1-2H3. The van der Waals surface area contributed by atoms with Crippen LogP contribution in [0, 0.1) is 11.7 Å². The topological polar surface area (TPSA) is 50.9 Å². The van der Waals surface area contributed by atoms with Gasteiger partial charge in [0.05, 0.1) is 22.8 Å². The number of aromatic nitrogens is 4. The Morgan fingerprint density at radius 1 is 1.09 bits per heavy atom. The number of anilines is 1. The summed E-state index contributed by atoms with van der Waals surface area (Å²) < 4.78 is 18.0. The molecule has 2 aromatic heterocycles. The SMILES string of the molecule is CC(C)Cn1nccc1-c1cc(Cl)cc2c1nc(N1CCNCC1)n2Cc1ccc(F)c(Cl)c1. The van der Waals surface area contributed by atoms with E-state index in [9.17, 15) is 4.39 Å². The Hall–Kier alpha value is -2.61. The second-order valence-electron chi connectivity index (χ2n) is 9.10. The van der Waals surface area contributed by atoms with Gasteiger partial charge in [0.2, 0.25) is 5.95 Å². The van der Waals surface area contributed by atoms with Crippen molar-refractivity contribution in [3.05, 3.63) is 64.0 Å². The lowest BCUT2D eigenvalue weighted by Gasteiger charge is -2.29. The van der Waals surface area contributed by atoms with Crippen molar-refractivity contribution >= 4 is 40.2 Å². The van der Waals surface area contributed by atoms with Crippen LogP contribution in [-0.4, -0.2) is 45.5 Å². The highest BCUT2D eigenvalue weighted by molar-refractivity contribution is 6.32. The number of rotatable bonds is 6. The first kappa shape index (κ1) is 23.1. The van der Waals surface area contributed by atoms with Crippen molar-refractivity contribution in [2.24, 2.45) is 5.92 Å². The van der Waals surface area contributed by atoms with Gasteiger partial charge in [-0.1, -0.05) is 43.1 Å². The fourth-order valence-corrected chi connectivity index (χ4v) is 4.92. The third-order valence-corrected chi connectivity index (χ3v) is 6.56. The maximum Gasteiger partial charge on any atom is 0.206 e.